The Bertz CT molecular complexity index is 1230. The van der Waals surface area contributed by atoms with Crippen LogP contribution >= 0.6 is 39.3 Å². The first-order valence-electron chi connectivity index (χ1n) is 11.1. The number of methoxy groups -OCH3 is 1. The van der Waals surface area contributed by atoms with Gasteiger partial charge in [0, 0.05) is 22.3 Å². The molecule has 1 heterocycles. The molecule has 0 aliphatic carbocycles. The Kier molecular flexibility index (Phi) is 9.98. The van der Waals surface area contributed by atoms with Gasteiger partial charge < -0.3 is 19.9 Å². The van der Waals surface area contributed by atoms with Crippen LogP contribution in [0.15, 0.2) is 64.7 Å². The van der Waals surface area contributed by atoms with Gasteiger partial charge in [0.25, 0.3) is 5.91 Å². The highest BCUT2D eigenvalue weighted by Gasteiger charge is 2.26. The summed E-state index contributed by atoms with van der Waals surface area (Å²) in [5.41, 5.74) is 1.11. The zero-order valence-corrected chi connectivity index (χ0v) is 23.3. The molecule has 0 aliphatic heterocycles. The summed E-state index contributed by atoms with van der Waals surface area (Å²) in [6, 6.07) is 11.7. The number of nitrogens with zero attached hydrogens (tertiary/aromatic N) is 3. The predicted molar refractivity (Wildman–Crippen MR) is 147 cm³/mol. The van der Waals surface area contributed by atoms with Gasteiger partial charge >= 0.3 is 0 Å². The lowest BCUT2D eigenvalue weighted by atomic mass is 10.0. The van der Waals surface area contributed by atoms with E-state index in [1.165, 1.54) is 11.8 Å². The molecule has 2 amide bonds. The van der Waals surface area contributed by atoms with Gasteiger partial charge in [-0.05, 0) is 64.3 Å². The minimum atomic E-state index is -0.403. The smallest absolute Gasteiger partial charge is 0.251 e. The third kappa shape index (κ3) is 7.11. The molecule has 0 fully saturated rings. The highest BCUT2D eigenvalue weighted by molar-refractivity contribution is 9.10. The Labute approximate surface area is 228 Å². The first-order valence-corrected chi connectivity index (χ1v) is 13.3. The van der Waals surface area contributed by atoms with Crippen molar-refractivity contribution in [2.24, 2.45) is 5.92 Å². The number of hydrogen-bond acceptors (Lipinski definition) is 6. The maximum absolute atomic E-state index is 12.9. The first-order chi connectivity index (χ1) is 17.2. The van der Waals surface area contributed by atoms with E-state index in [2.05, 4.69) is 43.3 Å². The van der Waals surface area contributed by atoms with Crippen LogP contribution in [0.2, 0.25) is 5.02 Å². The molecular weight excluding hydrogens is 566 g/mol. The number of thioether (sulfide) groups is 1. The van der Waals surface area contributed by atoms with Crippen molar-refractivity contribution in [3.63, 3.8) is 0 Å². The van der Waals surface area contributed by atoms with Gasteiger partial charge in [-0.25, -0.2) is 0 Å². The third-order valence-electron chi connectivity index (χ3n) is 5.18. The van der Waals surface area contributed by atoms with Gasteiger partial charge in [0.2, 0.25) is 5.91 Å². The van der Waals surface area contributed by atoms with Crippen molar-refractivity contribution >= 4 is 56.8 Å². The van der Waals surface area contributed by atoms with Crippen molar-refractivity contribution in [2.45, 2.75) is 31.6 Å². The van der Waals surface area contributed by atoms with Crippen LogP contribution in [0.3, 0.4) is 0 Å². The largest absolute Gasteiger partial charge is 0.497 e. The van der Waals surface area contributed by atoms with E-state index in [9.17, 15) is 9.59 Å². The second-order valence-electron chi connectivity index (χ2n) is 8.13. The molecule has 8 nitrogen and oxygen atoms in total. The maximum atomic E-state index is 12.9. The number of halogens is 2. The first kappa shape index (κ1) is 27.8. The number of anilines is 1. The molecule has 2 aromatic carbocycles. The van der Waals surface area contributed by atoms with E-state index in [0.717, 1.165) is 4.47 Å². The van der Waals surface area contributed by atoms with Crippen molar-refractivity contribution in [3.8, 4) is 5.75 Å². The second-order valence-corrected chi connectivity index (χ2v) is 10.3. The SMILES string of the molecule is C=CCn1c(SCC(=O)Nc2ccc(Br)c(Cl)c2)nnc1C(NC(=O)c1ccc(OC)cc1)C(C)C. The fraction of sp³-hybridized carbons (Fsp3) is 0.280. The molecule has 1 aromatic heterocycles. The molecule has 0 saturated carbocycles. The summed E-state index contributed by atoms with van der Waals surface area (Å²) in [4.78, 5) is 25.5. The number of amides is 2. The van der Waals surface area contributed by atoms with Crippen LogP contribution in [0.1, 0.15) is 36.1 Å². The van der Waals surface area contributed by atoms with E-state index in [1.54, 1.807) is 55.7 Å². The number of nitrogens with one attached hydrogen (secondary N) is 2. The van der Waals surface area contributed by atoms with E-state index < -0.39 is 6.04 Å². The predicted octanol–water partition coefficient (Wildman–Crippen LogP) is 5.75. The monoisotopic (exact) mass is 591 g/mol. The van der Waals surface area contributed by atoms with Crippen LogP contribution < -0.4 is 15.4 Å². The molecule has 3 aromatic rings. The van der Waals surface area contributed by atoms with Crippen molar-refractivity contribution in [1.29, 1.82) is 0 Å². The molecule has 3 rings (SSSR count). The molecule has 0 spiro atoms. The molecule has 0 radical (unpaired) electrons. The molecule has 11 heteroatoms. The van der Waals surface area contributed by atoms with Crippen LogP contribution in [0.25, 0.3) is 0 Å². The normalized spacial score (nSPS) is 11.7. The molecular formula is C25H27BrClN5O3S. The highest BCUT2D eigenvalue weighted by atomic mass is 79.9. The van der Waals surface area contributed by atoms with Gasteiger partial charge in [-0.1, -0.05) is 43.3 Å². The molecule has 36 heavy (non-hydrogen) atoms. The molecule has 190 valence electrons. The van der Waals surface area contributed by atoms with E-state index in [1.807, 2.05) is 18.4 Å². The summed E-state index contributed by atoms with van der Waals surface area (Å²) >= 11 is 10.7. The van der Waals surface area contributed by atoms with Crippen LogP contribution in [-0.4, -0.2) is 39.4 Å². The number of hydrogen-bond donors (Lipinski definition) is 2. The van der Waals surface area contributed by atoms with Crippen molar-refractivity contribution in [1.82, 2.24) is 20.1 Å². The van der Waals surface area contributed by atoms with Gasteiger partial charge in [-0.3, -0.25) is 9.59 Å². The number of carbonyl (C=O) groups is 2. The maximum Gasteiger partial charge on any atom is 0.251 e. The Hall–Kier alpha value is -2.82. The Balaban J connectivity index is 1.74. The Morgan fingerprint density at radius 1 is 1.22 bits per heavy atom. The van der Waals surface area contributed by atoms with Crippen LogP contribution in [0.4, 0.5) is 5.69 Å². The highest BCUT2D eigenvalue weighted by Crippen LogP contribution is 2.27. The molecule has 0 bridgehead atoms. The zero-order chi connectivity index (χ0) is 26.2. The van der Waals surface area contributed by atoms with Gasteiger partial charge in [0.05, 0.1) is 23.9 Å². The number of aromatic nitrogens is 3. The second kappa shape index (κ2) is 12.9. The number of benzene rings is 2. The standard InChI is InChI=1S/C25H27BrClN5O3S/c1-5-12-32-23(22(15(2)3)29-24(34)16-6-9-18(35-4)10-7-16)30-31-25(32)36-14-21(33)28-17-8-11-19(26)20(27)13-17/h5-11,13,15,22H,1,12,14H2,2-4H3,(H,28,33)(H,29,34). The van der Waals surface area contributed by atoms with Crippen molar-refractivity contribution in [2.75, 3.05) is 18.2 Å². The summed E-state index contributed by atoms with van der Waals surface area (Å²) in [5, 5.41) is 15.6. The summed E-state index contributed by atoms with van der Waals surface area (Å²) in [7, 11) is 1.58. The zero-order valence-electron chi connectivity index (χ0n) is 20.1. The molecule has 1 unspecified atom stereocenters. The third-order valence-corrected chi connectivity index (χ3v) is 7.38. The Morgan fingerprint density at radius 2 is 1.94 bits per heavy atom. The van der Waals surface area contributed by atoms with Gasteiger partial charge in [0.15, 0.2) is 11.0 Å². The number of rotatable bonds is 11. The lowest BCUT2D eigenvalue weighted by molar-refractivity contribution is -0.113. The number of allylic oxidation sites excluding steroid dienone is 1. The van der Waals surface area contributed by atoms with Crippen LogP contribution in [0.5, 0.6) is 5.75 Å². The molecule has 0 aliphatic rings. The number of carbonyl (C=O) groups excluding carboxylic acids is 2. The minimum absolute atomic E-state index is 0.0308. The average Bonchev–Trinajstić information content (AvgIpc) is 3.25. The van der Waals surface area contributed by atoms with Gasteiger partial charge in [-0.2, -0.15) is 0 Å². The lowest BCUT2D eigenvalue weighted by Gasteiger charge is -2.22. The van der Waals surface area contributed by atoms with E-state index in [-0.39, 0.29) is 23.5 Å². The van der Waals surface area contributed by atoms with Gasteiger partial charge in [-0.15, -0.1) is 16.8 Å². The number of ether oxygens (including phenoxy) is 1. The van der Waals surface area contributed by atoms with Crippen LogP contribution in [-0.2, 0) is 11.3 Å². The molecule has 2 N–H and O–H groups in total. The Morgan fingerprint density at radius 3 is 2.56 bits per heavy atom. The van der Waals surface area contributed by atoms with E-state index in [0.29, 0.717) is 39.5 Å². The van der Waals surface area contributed by atoms with E-state index >= 15 is 0 Å². The van der Waals surface area contributed by atoms with Crippen molar-refractivity contribution < 1.29 is 14.3 Å². The van der Waals surface area contributed by atoms with Crippen LogP contribution in [0, 0.1) is 5.92 Å². The molecule has 1 atom stereocenters. The average molecular weight is 593 g/mol. The van der Waals surface area contributed by atoms with Crippen molar-refractivity contribution in [3.05, 3.63) is 76.0 Å². The minimum Gasteiger partial charge on any atom is -0.497 e. The fourth-order valence-electron chi connectivity index (χ4n) is 3.33. The summed E-state index contributed by atoms with van der Waals surface area (Å²) < 4.78 is 7.78. The summed E-state index contributed by atoms with van der Waals surface area (Å²) in [6.45, 7) is 8.25. The lowest BCUT2D eigenvalue weighted by Crippen LogP contribution is -2.33. The summed E-state index contributed by atoms with van der Waals surface area (Å²) in [6.07, 6.45) is 1.73. The topological polar surface area (TPSA) is 98.1 Å². The fourth-order valence-corrected chi connectivity index (χ4v) is 4.52. The van der Waals surface area contributed by atoms with Gasteiger partial charge in [0.1, 0.15) is 5.75 Å². The summed E-state index contributed by atoms with van der Waals surface area (Å²) in [5.74, 6) is 0.977. The molecule has 0 saturated heterocycles. The van der Waals surface area contributed by atoms with E-state index in [4.69, 9.17) is 16.3 Å². The quantitative estimate of drug-likeness (QED) is 0.217.